The van der Waals surface area contributed by atoms with Crippen LogP contribution in [0.15, 0.2) is 29.8 Å². The van der Waals surface area contributed by atoms with Crippen molar-refractivity contribution in [2.75, 3.05) is 18.2 Å². The number of ether oxygens (including phenoxy) is 1. The Kier molecular flexibility index (Phi) is 3.24. The molecule has 88 valence electrons. The second-order valence-corrected chi connectivity index (χ2v) is 4.14. The number of carbonyl (C=O) groups excluding carboxylic acids is 1. The maximum absolute atomic E-state index is 11.9. The summed E-state index contributed by atoms with van der Waals surface area (Å²) in [5.74, 6) is 0.245. The molecule has 2 aromatic rings. The number of thiazole rings is 1. The number of carbonyl (C=O) groups is 1. The van der Waals surface area contributed by atoms with Gasteiger partial charge in [0.25, 0.3) is 5.91 Å². The molecule has 0 saturated heterocycles. The van der Waals surface area contributed by atoms with Gasteiger partial charge >= 0.3 is 0 Å². The Balaban J connectivity index is 2.19. The van der Waals surface area contributed by atoms with Gasteiger partial charge in [-0.1, -0.05) is 0 Å². The van der Waals surface area contributed by atoms with Crippen molar-refractivity contribution in [2.45, 2.75) is 0 Å². The zero-order valence-electron chi connectivity index (χ0n) is 9.14. The van der Waals surface area contributed by atoms with Crippen LogP contribution in [0.2, 0.25) is 0 Å². The second kappa shape index (κ2) is 4.84. The van der Waals surface area contributed by atoms with E-state index in [1.807, 2.05) is 0 Å². The zero-order chi connectivity index (χ0) is 12.3. The Hall–Kier alpha value is -2.08. The minimum Gasteiger partial charge on any atom is -0.495 e. The summed E-state index contributed by atoms with van der Waals surface area (Å²) in [5, 5.41) is 5.03. The molecular formula is C11H11N3O2S. The van der Waals surface area contributed by atoms with Crippen molar-refractivity contribution in [3.05, 3.63) is 35.3 Å². The van der Waals surface area contributed by atoms with E-state index in [-0.39, 0.29) is 5.91 Å². The Morgan fingerprint density at radius 3 is 3.00 bits per heavy atom. The van der Waals surface area contributed by atoms with Crippen molar-refractivity contribution in [3.63, 3.8) is 0 Å². The highest BCUT2D eigenvalue weighted by atomic mass is 32.1. The van der Waals surface area contributed by atoms with E-state index in [9.17, 15) is 4.79 Å². The third-order valence-electron chi connectivity index (χ3n) is 2.15. The van der Waals surface area contributed by atoms with Gasteiger partial charge in [0.05, 0.1) is 12.8 Å². The number of hydrogen-bond donors (Lipinski definition) is 2. The Morgan fingerprint density at radius 1 is 1.53 bits per heavy atom. The van der Waals surface area contributed by atoms with Crippen molar-refractivity contribution in [1.82, 2.24) is 4.98 Å². The summed E-state index contributed by atoms with van der Waals surface area (Å²) in [4.78, 5) is 15.8. The SMILES string of the molecule is COc1cc(C(=O)Nc2nccs2)ccc1N. The first kappa shape index (κ1) is 11.4. The van der Waals surface area contributed by atoms with Crippen LogP contribution < -0.4 is 15.8 Å². The van der Waals surface area contributed by atoms with Crippen LogP contribution in [0.5, 0.6) is 5.75 Å². The van der Waals surface area contributed by atoms with E-state index in [1.165, 1.54) is 18.4 Å². The van der Waals surface area contributed by atoms with Gasteiger partial charge in [-0.15, -0.1) is 11.3 Å². The fourth-order valence-electron chi connectivity index (χ4n) is 1.31. The van der Waals surface area contributed by atoms with E-state index in [2.05, 4.69) is 10.3 Å². The van der Waals surface area contributed by atoms with Crippen molar-refractivity contribution >= 4 is 28.1 Å². The molecule has 5 nitrogen and oxygen atoms in total. The van der Waals surface area contributed by atoms with Crippen LogP contribution in [0.3, 0.4) is 0 Å². The van der Waals surface area contributed by atoms with Crippen LogP contribution in [0.4, 0.5) is 10.8 Å². The molecular weight excluding hydrogens is 238 g/mol. The van der Waals surface area contributed by atoms with Crippen LogP contribution in [0.1, 0.15) is 10.4 Å². The molecule has 3 N–H and O–H groups in total. The van der Waals surface area contributed by atoms with E-state index in [4.69, 9.17) is 10.5 Å². The van der Waals surface area contributed by atoms with Gasteiger partial charge in [0.15, 0.2) is 5.13 Å². The molecule has 2 rings (SSSR count). The maximum Gasteiger partial charge on any atom is 0.257 e. The number of methoxy groups -OCH3 is 1. The average Bonchev–Trinajstić information content (AvgIpc) is 2.82. The van der Waals surface area contributed by atoms with Crippen molar-refractivity contribution < 1.29 is 9.53 Å². The molecule has 0 atom stereocenters. The van der Waals surface area contributed by atoms with E-state index < -0.39 is 0 Å². The summed E-state index contributed by atoms with van der Waals surface area (Å²) in [6.07, 6.45) is 1.63. The number of nitrogens with zero attached hydrogens (tertiary/aromatic N) is 1. The lowest BCUT2D eigenvalue weighted by Crippen LogP contribution is -2.12. The highest BCUT2D eigenvalue weighted by Gasteiger charge is 2.10. The fourth-order valence-corrected chi connectivity index (χ4v) is 1.83. The number of hydrogen-bond acceptors (Lipinski definition) is 5. The smallest absolute Gasteiger partial charge is 0.257 e. The standard InChI is InChI=1S/C11H11N3O2S/c1-16-9-6-7(2-3-8(9)12)10(15)14-11-13-4-5-17-11/h2-6H,12H2,1H3,(H,13,14,15). The predicted molar refractivity (Wildman–Crippen MR) is 67.5 cm³/mol. The van der Waals surface area contributed by atoms with Crippen LogP contribution in [0.25, 0.3) is 0 Å². The lowest BCUT2D eigenvalue weighted by molar-refractivity contribution is 0.102. The summed E-state index contributed by atoms with van der Waals surface area (Å²) >= 11 is 1.36. The molecule has 0 fully saturated rings. The lowest BCUT2D eigenvalue weighted by atomic mass is 10.2. The Bertz CT molecular complexity index is 526. The van der Waals surface area contributed by atoms with Gasteiger partial charge in [0, 0.05) is 17.1 Å². The van der Waals surface area contributed by atoms with Crippen LogP contribution in [-0.4, -0.2) is 18.0 Å². The summed E-state index contributed by atoms with van der Waals surface area (Å²) in [6, 6.07) is 4.87. The van der Waals surface area contributed by atoms with E-state index in [0.29, 0.717) is 22.1 Å². The van der Waals surface area contributed by atoms with E-state index >= 15 is 0 Å². The van der Waals surface area contributed by atoms with Crippen molar-refractivity contribution in [1.29, 1.82) is 0 Å². The van der Waals surface area contributed by atoms with Crippen LogP contribution >= 0.6 is 11.3 Å². The number of nitrogen functional groups attached to an aromatic ring is 1. The van der Waals surface area contributed by atoms with Gasteiger partial charge in [-0.2, -0.15) is 0 Å². The molecule has 1 heterocycles. The third kappa shape index (κ3) is 2.54. The predicted octanol–water partition coefficient (Wildman–Crippen LogP) is 1.99. The Morgan fingerprint density at radius 2 is 2.35 bits per heavy atom. The van der Waals surface area contributed by atoms with Crippen molar-refractivity contribution in [2.24, 2.45) is 0 Å². The third-order valence-corrected chi connectivity index (χ3v) is 2.84. The molecule has 6 heteroatoms. The monoisotopic (exact) mass is 249 g/mol. The normalized spacial score (nSPS) is 9.94. The van der Waals surface area contributed by atoms with Gasteiger partial charge in [-0.3, -0.25) is 10.1 Å². The quantitative estimate of drug-likeness (QED) is 0.815. The first-order valence-electron chi connectivity index (χ1n) is 4.85. The minimum atomic E-state index is -0.238. The molecule has 0 unspecified atom stereocenters. The number of rotatable bonds is 3. The van der Waals surface area contributed by atoms with Gasteiger partial charge in [-0.25, -0.2) is 4.98 Å². The van der Waals surface area contributed by atoms with Crippen molar-refractivity contribution in [3.8, 4) is 5.75 Å². The summed E-state index contributed by atoms with van der Waals surface area (Å²) in [6.45, 7) is 0. The molecule has 1 aromatic heterocycles. The number of aromatic nitrogens is 1. The lowest BCUT2D eigenvalue weighted by Gasteiger charge is -2.06. The second-order valence-electron chi connectivity index (χ2n) is 3.25. The van der Waals surface area contributed by atoms with Gasteiger partial charge in [-0.05, 0) is 18.2 Å². The topological polar surface area (TPSA) is 77.2 Å². The number of anilines is 2. The molecule has 17 heavy (non-hydrogen) atoms. The molecule has 1 amide bonds. The number of amides is 1. The van der Waals surface area contributed by atoms with Crippen LogP contribution in [0, 0.1) is 0 Å². The molecule has 0 bridgehead atoms. The van der Waals surface area contributed by atoms with Gasteiger partial charge < -0.3 is 10.5 Å². The average molecular weight is 249 g/mol. The molecule has 0 radical (unpaired) electrons. The summed E-state index contributed by atoms with van der Waals surface area (Å²) in [5.41, 5.74) is 6.65. The number of nitrogens with one attached hydrogen (secondary N) is 1. The molecule has 0 aliphatic carbocycles. The zero-order valence-corrected chi connectivity index (χ0v) is 9.95. The van der Waals surface area contributed by atoms with Gasteiger partial charge in [0.1, 0.15) is 5.75 Å². The highest BCUT2D eigenvalue weighted by molar-refractivity contribution is 7.13. The van der Waals surface area contributed by atoms with E-state index in [1.54, 1.807) is 29.8 Å². The molecule has 1 aromatic carbocycles. The van der Waals surface area contributed by atoms with Gasteiger partial charge in [0.2, 0.25) is 0 Å². The summed E-state index contributed by atoms with van der Waals surface area (Å²) in [7, 11) is 1.51. The molecule has 0 aliphatic rings. The largest absolute Gasteiger partial charge is 0.495 e. The number of nitrogens with two attached hydrogens (primary N) is 1. The first-order chi connectivity index (χ1) is 8.20. The first-order valence-corrected chi connectivity index (χ1v) is 5.73. The molecule has 0 spiro atoms. The van der Waals surface area contributed by atoms with E-state index in [0.717, 1.165) is 0 Å². The molecule has 0 aliphatic heterocycles. The summed E-state index contributed by atoms with van der Waals surface area (Å²) < 4.78 is 5.05. The fraction of sp³-hybridized carbons (Fsp3) is 0.0909. The van der Waals surface area contributed by atoms with Crippen LogP contribution in [-0.2, 0) is 0 Å². The maximum atomic E-state index is 11.9. The Labute approximate surface area is 102 Å². The number of benzene rings is 1. The highest BCUT2D eigenvalue weighted by Crippen LogP contribution is 2.23. The minimum absolute atomic E-state index is 0.238. The molecule has 0 saturated carbocycles.